The Kier molecular flexibility index (Phi) is 4.10. The van der Waals surface area contributed by atoms with Crippen LogP contribution < -0.4 is 0 Å². The third kappa shape index (κ3) is 2.50. The number of ketones is 2. The summed E-state index contributed by atoms with van der Waals surface area (Å²) in [5, 5.41) is 0. The van der Waals surface area contributed by atoms with Crippen molar-refractivity contribution in [3.63, 3.8) is 0 Å². The van der Waals surface area contributed by atoms with Crippen LogP contribution in [0, 0.1) is 0 Å². The molecule has 98 valence electrons. The monoisotopic (exact) mass is 299 g/mol. The molecule has 0 saturated carbocycles. The van der Waals surface area contributed by atoms with E-state index in [1.54, 1.807) is 6.07 Å². The molecule has 2 rings (SSSR count). The number of sulfonamides is 1. The van der Waals surface area contributed by atoms with Crippen molar-refractivity contribution < 1.29 is 18.0 Å². The van der Waals surface area contributed by atoms with Crippen LogP contribution in [-0.2, 0) is 10.0 Å². The molecule has 0 fully saturated rings. The second kappa shape index (κ2) is 5.23. The van der Waals surface area contributed by atoms with Crippen LogP contribution in [0.15, 0.2) is 39.8 Å². The van der Waals surface area contributed by atoms with Gasteiger partial charge in [-0.1, -0.05) is 24.3 Å². The van der Waals surface area contributed by atoms with Crippen molar-refractivity contribution >= 4 is 34.0 Å². The molecule has 1 aromatic carbocycles. The lowest BCUT2D eigenvalue weighted by Crippen LogP contribution is -2.21. The zero-order valence-electron chi connectivity index (χ0n) is 9.18. The summed E-state index contributed by atoms with van der Waals surface area (Å²) in [6, 6.07) is 5.83. The van der Waals surface area contributed by atoms with Crippen LogP contribution in [0.25, 0.3) is 10.4 Å². The van der Waals surface area contributed by atoms with Gasteiger partial charge >= 0.3 is 0 Å². The minimum atomic E-state index is -4.46. The molecule has 7 nitrogen and oxygen atoms in total. The highest BCUT2D eigenvalue weighted by atomic mass is 35.5. The molecular formula is C10H6ClN3O4S. The van der Waals surface area contributed by atoms with E-state index < -0.39 is 26.5 Å². The molecule has 9 heteroatoms. The Morgan fingerprint density at radius 3 is 2.26 bits per heavy atom. The molecule has 0 aliphatic heterocycles. The number of carbonyl (C=O) groups excluding carboxylic acids is 2. The van der Waals surface area contributed by atoms with Crippen LogP contribution in [0.1, 0.15) is 20.7 Å². The number of carbonyl (C=O) groups is 2. The molecule has 0 N–H and O–H groups in total. The van der Waals surface area contributed by atoms with Gasteiger partial charge in [0.2, 0.25) is 5.78 Å². The molecule has 0 radical (unpaired) electrons. The zero-order chi connectivity index (χ0) is 13.3. The lowest BCUT2D eigenvalue weighted by molar-refractivity contribution is 0.0990. The summed E-state index contributed by atoms with van der Waals surface area (Å²) in [5.74, 6) is -1.46. The maximum absolute atomic E-state index is 11.9. The van der Waals surface area contributed by atoms with E-state index in [1.807, 2.05) is 0 Å². The van der Waals surface area contributed by atoms with E-state index in [4.69, 9.17) is 5.53 Å². The van der Waals surface area contributed by atoms with Gasteiger partial charge in [0.05, 0.1) is 0 Å². The Morgan fingerprint density at radius 2 is 1.68 bits per heavy atom. The van der Waals surface area contributed by atoms with E-state index in [9.17, 15) is 18.0 Å². The van der Waals surface area contributed by atoms with Gasteiger partial charge in [-0.15, -0.1) is 12.4 Å². The molecule has 0 saturated heterocycles. The van der Waals surface area contributed by atoms with Gasteiger partial charge in [-0.3, -0.25) is 9.59 Å². The molecule has 0 atom stereocenters. The maximum Gasteiger partial charge on any atom is 0.268 e. The summed E-state index contributed by atoms with van der Waals surface area (Å²) in [7, 11) is -4.46. The van der Waals surface area contributed by atoms with E-state index in [0.717, 1.165) is 0 Å². The standard InChI is InChI=1S/C10H5N3O4S.ClH/c11-12-13-18(16,17)9-5-8(14)6-3-1-2-4-7(6)10(9)15;/h1-5H;1H. The first kappa shape index (κ1) is 14.9. The molecule has 1 aliphatic rings. The number of halogens is 1. The topological polar surface area (TPSA) is 117 Å². The second-order valence-electron chi connectivity index (χ2n) is 3.39. The highest BCUT2D eigenvalue weighted by Gasteiger charge is 2.32. The highest BCUT2D eigenvalue weighted by Crippen LogP contribution is 2.25. The molecule has 0 unspecified atom stereocenters. The minimum absolute atomic E-state index is 0. The molecule has 0 amide bonds. The molecule has 0 aromatic heterocycles. The van der Waals surface area contributed by atoms with Gasteiger partial charge in [-0.05, 0) is 5.53 Å². The Hall–Kier alpha value is -2.15. The van der Waals surface area contributed by atoms with Crippen LogP contribution in [0.5, 0.6) is 0 Å². The van der Waals surface area contributed by atoms with E-state index in [0.29, 0.717) is 6.08 Å². The van der Waals surface area contributed by atoms with Crippen LogP contribution in [0.2, 0.25) is 0 Å². The molecule has 0 bridgehead atoms. The van der Waals surface area contributed by atoms with Crippen molar-refractivity contribution in [1.82, 2.24) is 0 Å². The molecule has 0 heterocycles. The van der Waals surface area contributed by atoms with Crippen LogP contribution in [0.3, 0.4) is 0 Å². The zero-order valence-corrected chi connectivity index (χ0v) is 10.8. The Labute approximate surface area is 114 Å². The first-order chi connectivity index (χ1) is 8.47. The number of hydrogen-bond acceptors (Lipinski definition) is 4. The second-order valence-corrected chi connectivity index (χ2v) is 4.95. The number of nitrogens with zero attached hydrogens (tertiary/aromatic N) is 3. The number of allylic oxidation sites excluding steroid dienone is 2. The normalized spacial score (nSPS) is 13.8. The smallest absolute Gasteiger partial charge is 0.268 e. The highest BCUT2D eigenvalue weighted by molar-refractivity contribution is 7.95. The minimum Gasteiger partial charge on any atom is -0.289 e. The average molecular weight is 300 g/mol. The Balaban J connectivity index is 0.00000180. The Bertz CT molecular complexity index is 748. The van der Waals surface area contributed by atoms with Crippen molar-refractivity contribution in [3.05, 3.63) is 56.8 Å². The summed E-state index contributed by atoms with van der Waals surface area (Å²) in [5.41, 5.74) is 8.25. The number of fused-ring (bicyclic) bond motifs is 1. The number of benzene rings is 1. The van der Waals surface area contributed by atoms with E-state index in [-0.39, 0.29) is 23.5 Å². The summed E-state index contributed by atoms with van der Waals surface area (Å²) in [6.45, 7) is 0. The predicted octanol–water partition coefficient (Wildman–Crippen LogP) is 2.01. The SMILES string of the molecule is Cl.[N-]=[N+]=NS(=O)(=O)C1=CC(=O)c2ccccc2C1=O. The van der Waals surface area contributed by atoms with Gasteiger partial charge in [0.1, 0.15) is 4.91 Å². The average Bonchev–Trinajstić information content (AvgIpc) is 2.33. The van der Waals surface area contributed by atoms with Gasteiger partial charge in [0.25, 0.3) is 10.0 Å². The van der Waals surface area contributed by atoms with Gasteiger partial charge in [0.15, 0.2) is 5.78 Å². The third-order valence-corrected chi connectivity index (χ3v) is 3.49. The maximum atomic E-state index is 11.9. The fraction of sp³-hybridized carbons (Fsp3) is 0. The Morgan fingerprint density at radius 1 is 1.11 bits per heavy atom. The first-order valence-electron chi connectivity index (χ1n) is 4.68. The lowest BCUT2D eigenvalue weighted by Gasteiger charge is -2.12. The predicted molar refractivity (Wildman–Crippen MR) is 68.5 cm³/mol. The fourth-order valence-corrected chi connectivity index (χ4v) is 2.36. The van der Waals surface area contributed by atoms with E-state index >= 15 is 0 Å². The van der Waals surface area contributed by atoms with E-state index in [1.165, 1.54) is 18.2 Å². The van der Waals surface area contributed by atoms with Crippen LogP contribution in [-0.4, -0.2) is 20.0 Å². The summed E-state index contributed by atoms with van der Waals surface area (Å²) < 4.78 is 25.5. The van der Waals surface area contributed by atoms with Crippen molar-refractivity contribution in [2.24, 2.45) is 4.52 Å². The van der Waals surface area contributed by atoms with Crippen molar-refractivity contribution in [3.8, 4) is 0 Å². The van der Waals surface area contributed by atoms with Gasteiger partial charge < -0.3 is 0 Å². The number of hydrogen-bond donors (Lipinski definition) is 0. The third-order valence-electron chi connectivity index (χ3n) is 2.35. The number of azide groups is 1. The van der Waals surface area contributed by atoms with Crippen molar-refractivity contribution in [1.29, 1.82) is 0 Å². The van der Waals surface area contributed by atoms with Crippen LogP contribution >= 0.6 is 12.4 Å². The van der Waals surface area contributed by atoms with Gasteiger partial charge in [-0.2, -0.15) is 0 Å². The quantitative estimate of drug-likeness (QED) is 0.471. The fourth-order valence-electron chi connectivity index (χ4n) is 1.57. The summed E-state index contributed by atoms with van der Waals surface area (Å²) in [6.07, 6.45) is 0.675. The van der Waals surface area contributed by atoms with E-state index in [2.05, 4.69) is 9.43 Å². The number of rotatable bonds is 2. The first-order valence-corrected chi connectivity index (χ1v) is 6.12. The van der Waals surface area contributed by atoms with Gasteiger partial charge in [-0.25, -0.2) is 8.42 Å². The lowest BCUT2D eigenvalue weighted by atomic mass is 9.95. The van der Waals surface area contributed by atoms with Crippen LogP contribution in [0.4, 0.5) is 0 Å². The molecule has 19 heavy (non-hydrogen) atoms. The molecular weight excluding hydrogens is 294 g/mol. The molecule has 0 spiro atoms. The summed E-state index contributed by atoms with van der Waals surface area (Å²) in [4.78, 5) is 24.9. The molecule has 1 aliphatic carbocycles. The van der Waals surface area contributed by atoms with Gasteiger partial charge in [0, 0.05) is 26.6 Å². The number of Topliss-reactive ketones (excluding diaryl/α,β-unsaturated/α-hetero) is 1. The van der Waals surface area contributed by atoms with Crippen molar-refractivity contribution in [2.75, 3.05) is 0 Å². The van der Waals surface area contributed by atoms with Crippen molar-refractivity contribution in [2.45, 2.75) is 0 Å². The summed E-state index contributed by atoms with van der Waals surface area (Å²) >= 11 is 0. The molecule has 1 aromatic rings. The largest absolute Gasteiger partial charge is 0.289 e.